The van der Waals surface area contributed by atoms with Crippen molar-refractivity contribution in [2.24, 2.45) is 7.05 Å². The van der Waals surface area contributed by atoms with Gasteiger partial charge in [0.05, 0.1) is 6.20 Å². The summed E-state index contributed by atoms with van der Waals surface area (Å²) in [5, 5.41) is 3.78. The first-order chi connectivity index (χ1) is 8.40. The highest BCUT2D eigenvalue weighted by atomic mass is 79.9. The number of sulfonamides is 1. The number of nitrogens with one attached hydrogen (secondary N) is 1. The van der Waals surface area contributed by atoms with Gasteiger partial charge in [0.1, 0.15) is 15.9 Å². The minimum atomic E-state index is -3.79. The van der Waals surface area contributed by atoms with E-state index in [4.69, 9.17) is 11.6 Å². The van der Waals surface area contributed by atoms with Crippen molar-refractivity contribution in [3.63, 3.8) is 0 Å². The van der Waals surface area contributed by atoms with Crippen LogP contribution in [0.1, 0.15) is 0 Å². The van der Waals surface area contributed by atoms with Gasteiger partial charge in [0, 0.05) is 23.8 Å². The molecule has 0 spiro atoms. The van der Waals surface area contributed by atoms with Gasteiger partial charge in [-0.1, -0.05) is 11.6 Å². The first-order valence-electron chi connectivity index (χ1n) is 4.72. The molecule has 0 atom stereocenters. The number of anilines is 1. The maximum atomic E-state index is 12.1. The summed E-state index contributed by atoms with van der Waals surface area (Å²) in [7, 11) is -2.17. The van der Waals surface area contributed by atoms with E-state index < -0.39 is 10.0 Å². The van der Waals surface area contributed by atoms with Gasteiger partial charge in [-0.05, 0) is 22.0 Å². The molecule has 0 saturated carbocycles. The van der Waals surface area contributed by atoms with E-state index in [2.05, 4.69) is 30.7 Å². The van der Waals surface area contributed by atoms with Gasteiger partial charge in [-0.15, -0.1) is 0 Å². The van der Waals surface area contributed by atoms with Crippen molar-refractivity contribution in [1.29, 1.82) is 0 Å². The highest BCUT2D eigenvalue weighted by molar-refractivity contribution is 9.10. The van der Waals surface area contributed by atoms with Crippen molar-refractivity contribution in [3.05, 3.63) is 34.2 Å². The Balaban J connectivity index is 2.43. The molecule has 0 fully saturated rings. The van der Waals surface area contributed by atoms with E-state index in [0.29, 0.717) is 10.3 Å². The maximum Gasteiger partial charge on any atom is 0.266 e. The molecule has 0 aliphatic carbocycles. The highest BCUT2D eigenvalue weighted by Gasteiger charge is 2.20. The summed E-state index contributed by atoms with van der Waals surface area (Å²) in [5.74, 6) is 0.339. The standard InChI is InChI=1S/C9H8BrClN4O2S/c1-15-8(2-3-13-15)14-18(16,17)7-4-6(10)5-12-9(7)11/h2-5,14H,1H3. The Morgan fingerprint density at radius 1 is 1.50 bits per heavy atom. The quantitative estimate of drug-likeness (QED) is 0.858. The molecule has 2 rings (SSSR count). The van der Waals surface area contributed by atoms with E-state index in [-0.39, 0.29) is 10.0 Å². The van der Waals surface area contributed by atoms with Gasteiger partial charge in [0.15, 0.2) is 0 Å². The smallest absolute Gasteiger partial charge is 0.263 e. The Labute approximate surface area is 117 Å². The second-order valence-corrected chi connectivity index (χ2v) is 6.31. The second-order valence-electron chi connectivity index (χ2n) is 3.39. The van der Waals surface area contributed by atoms with Crippen LogP contribution in [0.5, 0.6) is 0 Å². The molecular formula is C9H8BrClN4O2S. The van der Waals surface area contributed by atoms with Crippen LogP contribution in [-0.2, 0) is 17.1 Å². The van der Waals surface area contributed by atoms with Crippen molar-refractivity contribution < 1.29 is 8.42 Å². The van der Waals surface area contributed by atoms with Crippen molar-refractivity contribution in [3.8, 4) is 0 Å². The van der Waals surface area contributed by atoms with Crippen molar-refractivity contribution in [2.75, 3.05) is 4.72 Å². The summed E-state index contributed by atoms with van der Waals surface area (Å²) in [5.41, 5.74) is 0. The third-order valence-corrected chi connectivity index (χ3v) is 4.34. The summed E-state index contributed by atoms with van der Waals surface area (Å²) >= 11 is 8.94. The molecule has 18 heavy (non-hydrogen) atoms. The minimum absolute atomic E-state index is 0.0899. The van der Waals surface area contributed by atoms with E-state index in [0.717, 1.165) is 0 Å². The Kier molecular flexibility index (Phi) is 3.60. The summed E-state index contributed by atoms with van der Waals surface area (Å²) in [4.78, 5) is 3.68. The van der Waals surface area contributed by atoms with Crippen molar-refractivity contribution in [2.45, 2.75) is 4.90 Å². The SMILES string of the molecule is Cn1nccc1NS(=O)(=O)c1cc(Br)cnc1Cl. The van der Waals surface area contributed by atoms with Gasteiger partial charge in [-0.25, -0.2) is 13.4 Å². The van der Waals surface area contributed by atoms with E-state index in [1.54, 1.807) is 7.05 Å². The van der Waals surface area contributed by atoms with Crippen LogP contribution in [0.15, 0.2) is 33.9 Å². The van der Waals surface area contributed by atoms with E-state index in [1.165, 1.54) is 29.2 Å². The van der Waals surface area contributed by atoms with Crippen LogP contribution < -0.4 is 4.72 Å². The molecule has 0 bridgehead atoms. The fraction of sp³-hybridized carbons (Fsp3) is 0.111. The zero-order valence-corrected chi connectivity index (χ0v) is 12.3. The molecule has 1 N–H and O–H groups in total. The topological polar surface area (TPSA) is 76.9 Å². The lowest BCUT2D eigenvalue weighted by Gasteiger charge is -2.09. The van der Waals surface area contributed by atoms with Crippen LogP contribution in [-0.4, -0.2) is 23.2 Å². The summed E-state index contributed by atoms with van der Waals surface area (Å²) in [6.45, 7) is 0. The molecule has 6 nitrogen and oxygen atoms in total. The zero-order valence-electron chi connectivity index (χ0n) is 9.13. The summed E-state index contributed by atoms with van der Waals surface area (Å²) in [6.07, 6.45) is 2.91. The van der Waals surface area contributed by atoms with Gasteiger partial charge < -0.3 is 0 Å². The predicted octanol–water partition coefficient (Wildman–Crippen LogP) is 2.03. The Morgan fingerprint density at radius 2 is 2.22 bits per heavy atom. The van der Waals surface area contributed by atoms with Gasteiger partial charge in [0.25, 0.3) is 10.0 Å². The molecule has 0 saturated heterocycles. The number of hydrogen-bond acceptors (Lipinski definition) is 4. The largest absolute Gasteiger partial charge is 0.266 e. The number of aryl methyl sites for hydroxylation is 1. The lowest BCUT2D eigenvalue weighted by Crippen LogP contribution is -2.16. The fourth-order valence-electron chi connectivity index (χ4n) is 1.26. The van der Waals surface area contributed by atoms with E-state index >= 15 is 0 Å². The summed E-state index contributed by atoms with van der Waals surface area (Å²) < 4.78 is 28.6. The lowest BCUT2D eigenvalue weighted by atomic mass is 10.5. The maximum absolute atomic E-state index is 12.1. The number of halogens is 2. The van der Waals surface area contributed by atoms with Crippen LogP contribution in [0.3, 0.4) is 0 Å². The molecule has 96 valence electrons. The zero-order chi connectivity index (χ0) is 13.3. The number of aromatic nitrogens is 3. The van der Waals surface area contributed by atoms with Crippen LogP contribution in [0, 0.1) is 0 Å². The molecule has 0 aromatic carbocycles. The van der Waals surface area contributed by atoms with E-state index in [9.17, 15) is 8.42 Å². The number of rotatable bonds is 3. The van der Waals surface area contributed by atoms with Crippen molar-refractivity contribution >= 4 is 43.4 Å². The molecule has 0 radical (unpaired) electrons. The average Bonchev–Trinajstić information content (AvgIpc) is 2.67. The molecule has 2 aromatic rings. The molecule has 9 heteroatoms. The number of hydrogen-bond donors (Lipinski definition) is 1. The molecule has 0 unspecified atom stereocenters. The molecule has 2 aromatic heterocycles. The van der Waals surface area contributed by atoms with Crippen LogP contribution in [0.4, 0.5) is 5.82 Å². The average molecular weight is 352 g/mol. The van der Waals surface area contributed by atoms with Gasteiger partial charge in [0.2, 0.25) is 0 Å². The normalized spacial score (nSPS) is 11.5. The second kappa shape index (κ2) is 4.87. The summed E-state index contributed by atoms with van der Waals surface area (Å²) in [6, 6.07) is 2.92. The van der Waals surface area contributed by atoms with Crippen LogP contribution >= 0.6 is 27.5 Å². The molecule has 0 aliphatic rings. The van der Waals surface area contributed by atoms with Crippen LogP contribution in [0.2, 0.25) is 5.15 Å². The number of pyridine rings is 1. The van der Waals surface area contributed by atoms with Crippen molar-refractivity contribution in [1.82, 2.24) is 14.8 Å². The highest BCUT2D eigenvalue weighted by Crippen LogP contribution is 2.24. The van der Waals surface area contributed by atoms with Crippen LogP contribution in [0.25, 0.3) is 0 Å². The molecular weight excluding hydrogens is 344 g/mol. The van der Waals surface area contributed by atoms with Gasteiger partial charge in [-0.2, -0.15) is 5.10 Å². The monoisotopic (exact) mass is 350 g/mol. The first kappa shape index (κ1) is 13.3. The van der Waals surface area contributed by atoms with Gasteiger partial charge >= 0.3 is 0 Å². The fourth-order valence-corrected chi connectivity index (χ4v) is 3.29. The Hall–Kier alpha value is -1.12. The predicted molar refractivity (Wildman–Crippen MR) is 71.0 cm³/mol. The molecule has 2 heterocycles. The lowest BCUT2D eigenvalue weighted by molar-refractivity contribution is 0.600. The Bertz CT molecular complexity index is 686. The van der Waals surface area contributed by atoms with E-state index in [1.807, 2.05) is 0 Å². The third kappa shape index (κ3) is 2.65. The first-order valence-corrected chi connectivity index (χ1v) is 7.37. The Morgan fingerprint density at radius 3 is 2.83 bits per heavy atom. The van der Waals surface area contributed by atoms with Gasteiger partial charge in [-0.3, -0.25) is 9.40 Å². The minimum Gasteiger partial charge on any atom is -0.263 e. The third-order valence-electron chi connectivity index (χ3n) is 2.12. The molecule has 0 aliphatic heterocycles. The molecule has 0 amide bonds. The number of nitrogens with zero attached hydrogens (tertiary/aromatic N) is 3.